The van der Waals surface area contributed by atoms with E-state index in [1.54, 1.807) is 11.1 Å². The van der Waals surface area contributed by atoms with Gasteiger partial charge in [0.1, 0.15) is 10.7 Å². The largest absolute Gasteiger partial charge is 0.291 e. The molecule has 0 aromatic heterocycles. The van der Waals surface area contributed by atoms with Crippen molar-refractivity contribution < 1.29 is 26.3 Å². The van der Waals surface area contributed by atoms with Crippen LogP contribution in [-0.2, 0) is 24.9 Å². The van der Waals surface area contributed by atoms with Crippen molar-refractivity contribution in [3.05, 3.63) is 155 Å². The van der Waals surface area contributed by atoms with Gasteiger partial charge in [-0.05, 0) is 78.4 Å². The molecular weight excluding hydrogens is 655 g/mol. The highest BCUT2D eigenvalue weighted by Crippen LogP contribution is 2.39. The van der Waals surface area contributed by atoms with E-state index in [-0.39, 0.29) is 24.1 Å². The molecule has 0 saturated carbocycles. The van der Waals surface area contributed by atoms with Crippen molar-refractivity contribution in [2.45, 2.75) is 84.7 Å². The molecule has 0 atom stereocenters. The summed E-state index contributed by atoms with van der Waals surface area (Å²) in [4.78, 5) is -1.08. The van der Waals surface area contributed by atoms with E-state index in [9.17, 15) is 13.2 Å². The second kappa shape index (κ2) is 18.2. The molecule has 0 radical (unpaired) electrons. The number of hydrogen-bond donors (Lipinski definition) is 0. The van der Waals surface area contributed by atoms with Gasteiger partial charge in [0.2, 0.25) is 5.82 Å². The van der Waals surface area contributed by atoms with Crippen LogP contribution in [0.5, 0.6) is 0 Å². The minimum atomic E-state index is -2.24. The van der Waals surface area contributed by atoms with Crippen LogP contribution in [0.3, 0.4) is 0 Å². The van der Waals surface area contributed by atoms with Crippen LogP contribution in [0.25, 0.3) is 0 Å². The molecule has 0 N–H and O–H groups in total. The SMILES string of the molecule is C=C.C=C.CCCc1cc(CN(c2c(C)cc(C)cc2C)N(Cc2ccccc2F)Sc2c(F)c(F)c(F)c(F)c2F)cc(C(C)(C)C)c1. The van der Waals surface area contributed by atoms with Crippen molar-refractivity contribution in [1.82, 2.24) is 4.41 Å². The molecule has 0 fully saturated rings. The molecule has 0 aliphatic carbocycles. The van der Waals surface area contributed by atoms with Gasteiger partial charge in [0.25, 0.3) is 0 Å². The smallest absolute Gasteiger partial charge is 0.200 e. The van der Waals surface area contributed by atoms with Crippen LogP contribution in [-0.4, -0.2) is 4.41 Å². The van der Waals surface area contributed by atoms with E-state index >= 15 is 13.2 Å². The Hall–Kier alpha value is -3.95. The topological polar surface area (TPSA) is 6.48 Å². The first kappa shape index (κ1) is 41.2. The maximum Gasteiger partial charge on any atom is 0.200 e. The average Bonchev–Trinajstić information content (AvgIpc) is 3.06. The molecule has 2 nitrogen and oxygen atoms in total. The maximum atomic E-state index is 15.1. The zero-order valence-corrected chi connectivity index (χ0v) is 30.2. The Morgan fingerprint density at radius 2 is 1.18 bits per heavy atom. The third kappa shape index (κ3) is 10.0. The Morgan fingerprint density at radius 1 is 0.673 bits per heavy atom. The lowest BCUT2D eigenvalue weighted by molar-refractivity contribution is 0.356. The number of anilines is 1. The van der Waals surface area contributed by atoms with Crippen molar-refractivity contribution in [2.24, 2.45) is 0 Å². The van der Waals surface area contributed by atoms with Gasteiger partial charge >= 0.3 is 0 Å². The number of nitrogens with zero attached hydrogens (tertiary/aromatic N) is 2. The Kier molecular flexibility index (Phi) is 15.3. The standard InChI is InChI=1S/C36H38F6N2S.2C2H4/c1-8-11-24-16-25(18-27(17-24)36(5,6)7)19-43(34-22(3)14-21(2)15-23(34)4)44(20-26-12-9-10-13-28(26)37)45-35-32(41)30(39)29(38)31(40)33(35)42;2*1-2/h9-10,12-18H,8,11,19-20H2,1-7H3;2*1-2H2. The van der Waals surface area contributed by atoms with Crippen molar-refractivity contribution in [1.29, 1.82) is 0 Å². The summed E-state index contributed by atoms with van der Waals surface area (Å²) in [5, 5.41) is 1.75. The molecule has 0 unspecified atom stereocenters. The van der Waals surface area contributed by atoms with Gasteiger partial charge in [0.05, 0.1) is 18.8 Å². The first-order valence-electron chi connectivity index (χ1n) is 15.8. The second-order valence-electron chi connectivity index (χ2n) is 12.4. The predicted octanol–water partition coefficient (Wildman–Crippen LogP) is 12.4. The maximum absolute atomic E-state index is 15.1. The summed E-state index contributed by atoms with van der Waals surface area (Å²) in [5.41, 5.74) is 6.39. The Labute approximate surface area is 292 Å². The second-order valence-corrected chi connectivity index (χ2v) is 13.4. The molecule has 4 rings (SSSR count). The summed E-state index contributed by atoms with van der Waals surface area (Å²) in [6.45, 7) is 26.1. The summed E-state index contributed by atoms with van der Waals surface area (Å²) >= 11 is 0.346. The summed E-state index contributed by atoms with van der Waals surface area (Å²) in [6.07, 6.45) is 1.75. The van der Waals surface area contributed by atoms with Crippen molar-refractivity contribution in [3.8, 4) is 0 Å². The summed E-state index contributed by atoms with van der Waals surface area (Å²) in [7, 11) is 0. The molecule has 0 aliphatic rings. The molecule has 0 bridgehead atoms. The van der Waals surface area contributed by atoms with E-state index in [0.29, 0.717) is 17.6 Å². The molecule has 0 heterocycles. The lowest BCUT2D eigenvalue weighted by atomic mass is 9.84. The minimum absolute atomic E-state index is 0.169. The average molecular weight is 701 g/mol. The molecule has 0 spiro atoms. The number of rotatable bonds is 10. The Morgan fingerprint density at radius 3 is 1.69 bits per heavy atom. The summed E-state index contributed by atoms with van der Waals surface area (Å²) in [6, 6.07) is 16.1. The van der Waals surface area contributed by atoms with E-state index in [2.05, 4.69) is 72.2 Å². The highest BCUT2D eigenvalue weighted by molar-refractivity contribution is 7.97. The first-order chi connectivity index (χ1) is 23.1. The third-order valence-corrected chi connectivity index (χ3v) is 8.66. The summed E-state index contributed by atoms with van der Waals surface area (Å²) < 4.78 is 89.6. The first-order valence-corrected chi connectivity index (χ1v) is 16.6. The van der Waals surface area contributed by atoms with E-state index < -0.39 is 39.8 Å². The lowest BCUT2D eigenvalue weighted by Crippen LogP contribution is -2.39. The van der Waals surface area contributed by atoms with E-state index in [0.717, 1.165) is 46.2 Å². The van der Waals surface area contributed by atoms with Crippen molar-refractivity contribution in [2.75, 3.05) is 5.01 Å². The van der Waals surface area contributed by atoms with Crippen LogP contribution in [0.2, 0.25) is 0 Å². The molecule has 49 heavy (non-hydrogen) atoms. The lowest BCUT2D eigenvalue weighted by Gasteiger charge is -2.38. The fourth-order valence-electron chi connectivity index (χ4n) is 5.45. The van der Waals surface area contributed by atoms with Crippen LogP contribution < -0.4 is 5.01 Å². The van der Waals surface area contributed by atoms with Gasteiger partial charge in [0, 0.05) is 5.56 Å². The molecular formula is C40H46F6N2S. The van der Waals surface area contributed by atoms with E-state index in [4.69, 9.17) is 0 Å². The van der Waals surface area contributed by atoms with Gasteiger partial charge < -0.3 is 0 Å². The van der Waals surface area contributed by atoms with E-state index in [1.807, 2.05) is 32.9 Å². The highest BCUT2D eigenvalue weighted by Gasteiger charge is 2.31. The zero-order valence-electron chi connectivity index (χ0n) is 29.4. The Bertz CT molecular complexity index is 1680. The molecule has 0 amide bonds. The molecule has 9 heteroatoms. The van der Waals surface area contributed by atoms with Crippen molar-refractivity contribution in [3.63, 3.8) is 0 Å². The molecule has 0 saturated heterocycles. The minimum Gasteiger partial charge on any atom is -0.291 e. The number of hydrogen-bond acceptors (Lipinski definition) is 3. The van der Waals surface area contributed by atoms with Crippen molar-refractivity contribution >= 4 is 17.6 Å². The third-order valence-electron chi connectivity index (χ3n) is 7.58. The molecule has 264 valence electrons. The van der Waals surface area contributed by atoms with Gasteiger partial charge in [-0.25, -0.2) is 26.3 Å². The number of benzene rings is 4. The highest BCUT2D eigenvalue weighted by atomic mass is 32.2. The van der Waals surface area contributed by atoms with Crippen LogP contribution in [0.15, 0.2) is 85.8 Å². The van der Waals surface area contributed by atoms with Crippen LogP contribution in [0.1, 0.15) is 73.1 Å². The number of hydrazine groups is 1. The molecule has 0 aliphatic heterocycles. The fraction of sp³-hybridized carbons (Fsp3) is 0.300. The van der Waals surface area contributed by atoms with Gasteiger partial charge in [0.15, 0.2) is 23.3 Å². The monoisotopic (exact) mass is 700 g/mol. The quantitative estimate of drug-likeness (QED) is 0.0406. The molecule has 4 aromatic rings. The number of aryl methyl sites for hydroxylation is 4. The number of halogens is 6. The van der Waals surface area contributed by atoms with E-state index in [1.165, 1.54) is 22.6 Å². The fourth-order valence-corrected chi connectivity index (χ4v) is 6.44. The van der Waals surface area contributed by atoms with Gasteiger partial charge in [-0.2, -0.15) is 4.41 Å². The van der Waals surface area contributed by atoms with Gasteiger partial charge in [-0.15, -0.1) is 26.3 Å². The van der Waals surface area contributed by atoms with Gasteiger partial charge in [-0.1, -0.05) is 88.2 Å². The predicted molar refractivity (Wildman–Crippen MR) is 193 cm³/mol. The van der Waals surface area contributed by atoms with Gasteiger partial charge in [-0.3, -0.25) is 5.01 Å². The summed E-state index contributed by atoms with van der Waals surface area (Å²) in [5.74, 6) is -10.8. The Balaban J connectivity index is 0.00000201. The molecule has 4 aromatic carbocycles. The zero-order chi connectivity index (χ0) is 37.2. The van der Waals surface area contributed by atoms with Crippen LogP contribution in [0, 0.1) is 55.7 Å². The van der Waals surface area contributed by atoms with Crippen LogP contribution in [0.4, 0.5) is 32.0 Å². The van der Waals surface area contributed by atoms with Crippen LogP contribution >= 0.6 is 11.9 Å². The normalized spacial score (nSPS) is 11.1.